The molecule has 1 saturated heterocycles. The first-order valence-electron chi connectivity index (χ1n) is 9.91. The standard InChI is InChI=1S/C22H21F2N3O2/c23-17-10-15-6-3-9-26(19(15)18(24)11-17)13-27-20(28)22(25-21(27)29)8-7-14-4-1-2-5-16(14)12-22/h1-2,4-5,10-11H,3,6-9,12-13H2,(H,25,29). The monoisotopic (exact) mass is 397 g/mol. The smallest absolute Gasteiger partial charge is 0.326 e. The minimum atomic E-state index is -0.939. The molecule has 0 bridgehead atoms. The van der Waals surface area contributed by atoms with E-state index in [4.69, 9.17) is 0 Å². The molecule has 0 radical (unpaired) electrons. The topological polar surface area (TPSA) is 52.7 Å². The Labute approximate surface area is 167 Å². The molecule has 2 heterocycles. The lowest BCUT2D eigenvalue weighted by molar-refractivity contribution is -0.131. The molecule has 1 atom stereocenters. The second kappa shape index (κ2) is 6.54. The second-order valence-corrected chi connectivity index (χ2v) is 8.09. The molecule has 29 heavy (non-hydrogen) atoms. The summed E-state index contributed by atoms with van der Waals surface area (Å²) >= 11 is 0. The van der Waals surface area contributed by atoms with Crippen molar-refractivity contribution < 1.29 is 18.4 Å². The van der Waals surface area contributed by atoms with E-state index in [-0.39, 0.29) is 18.3 Å². The summed E-state index contributed by atoms with van der Waals surface area (Å²) in [6.45, 7) is 0.464. The predicted octanol–water partition coefficient (Wildman–Crippen LogP) is 3.15. The van der Waals surface area contributed by atoms with Gasteiger partial charge in [0, 0.05) is 19.0 Å². The van der Waals surface area contributed by atoms with Crippen LogP contribution >= 0.6 is 0 Å². The molecule has 0 saturated carbocycles. The number of carbonyl (C=O) groups is 2. The number of aryl methyl sites for hydroxylation is 2. The Kier molecular flexibility index (Phi) is 4.08. The van der Waals surface area contributed by atoms with Crippen molar-refractivity contribution in [3.05, 3.63) is 64.7 Å². The van der Waals surface area contributed by atoms with E-state index >= 15 is 0 Å². The number of halogens is 2. The molecule has 1 unspecified atom stereocenters. The first-order chi connectivity index (χ1) is 14.0. The van der Waals surface area contributed by atoms with Gasteiger partial charge in [-0.05, 0) is 48.4 Å². The van der Waals surface area contributed by atoms with E-state index in [1.807, 2.05) is 24.3 Å². The lowest BCUT2D eigenvalue weighted by atomic mass is 9.78. The number of carbonyl (C=O) groups excluding carboxylic acids is 2. The Morgan fingerprint density at radius 3 is 2.66 bits per heavy atom. The quantitative estimate of drug-likeness (QED) is 0.792. The highest BCUT2D eigenvalue weighted by atomic mass is 19.1. The second-order valence-electron chi connectivity index (χ2n) is 8.09. The summed E-state index contributed by atoms with van der Waals surface area (Å²) in [5.74, 6) is -1.54. The average molecular weight is 397 g/mol. The van der Waals surface area contributed by atoms with Crippen LogP contribution in [0.2, 0.25) is 0 Å². The van der Waals surface area contributed by atoms with Crippen LogP contribution in [0.4, 0.5) is 19.3 Å². The van der Waals surface area contributed by atoms with Crippen molar-refractivity contribution in [3.63, 3.8) is 0 Å². The molecule has 3 amide bonds. The van der Waals surface area contributed by atoms with Crippen molar-refractivity contribution in [3.8, 4) is 0 Å². The van der Waals surface area contributed by atoms with Gasteiger partial charge in [-0.25, -0.2) is 18.5 Å². The zero-order chi connectivity index (χ0) is 20.2. The van der Waals surface area contributed by atoms with Crippen LogP contribution in [0.15, 0.2) is 36.4 Å². The number of hydrogen-bond donors (Lipinski definition) is 1. The number of hydrogen-bond acceptors (Lipinski definition) is 3. The number of nitrogens with zero attached hydrogens (tertiary/aromatic N) is 2. The fourth-order valence-electron chi connectivity index (χ4n) is 4.88. The first-order valence-corrected chi connectivity index (χ1v) is 9.91. The van der Waals surface area contributed by atoms with E-state index in [0.717, 1.165) is 18.1 Å². The predicted molar refractivity (Wildman–Crippen MR) is 103 cm³/mol. The van der Waals surface area contributed by atoms with Crippen molar-refractivity contribution in [1.82, 2.24) is 10.2 Å². The number of nitrogens with one attached hydrogen (secondary N) is 1. The van der Waals surface area contributed by atoms with Gasteiger partial charge in [-0.1, -0.05) is 24.3 Å². The third kappa shape index (κ3) is 2.87. The van der Waals surface area contributed by atoms with Gasteiger partial charge < -0.3 is 10.2 Å². The zero-order valence-corrected chi connectivity index (χ0v) is 15.9. The van der Waals surface area contributed by atoms with E-state index in [2.05, 4.69) is 5.32 Å². The Bertz CT molecular complexity index is 1030. The molecule has 5 nitrogen and oxygen atoms in total. The highest BCUT2D eigenvalue weighted by molar-refractivity contribution is 6.07. The number of anilines is 1. The Balaban J connectivity index is 1.42. The number of benzene rings is 2. The molecule has 3 aliphatic rings. The number of amides is 3. The average Bonchev–Trinajstić information content (AvgIpc) is 2.91. The maximum Gasteiger partial charge on any atom is 0.326 e. The molecule has 7 heteroatoms. The number of urea groups is 1. The van der Waals surface area contributed by atoms with E-state index in [0.29, 0.717) is 37.8 Å². The largest absolute Gasteiger partial charge is 0.351 e. The van der Waals surface area contributed by atoms with E-state index < -0.39 is 23.2 Å². The third-order valence-electron chi connectivity index (χ3n) is 6.29. The number of fused-ring (bicyclic) bond motifs is 2. The van der Waals surface area contributed by atoms with Crippen LogP contribution in [-0.2, 0) is 24.1 Å². The number of rotatable bonds is 2. The van der Waals surface area contributed by atoms with Crippen LogP contribution in [0.5, 0.6) is 0 Å². The zero-order valence-electron chi connectivity index (χ0n) is 15.9. The van der Waals surface area contributed by atoms with Gasteiger partial charge >= 0.3 is 6.03 Å². The minimum Gasteiger partial charge on any atom is -0.351 e. The molecule has 1 spiro atoms. The molecule has 5 rings (SSSR count). The fraction of sp³-hybridized carbons (Fsp3) is 0.364. The molecule has 1 fully saturated rings. The van der Waals surface area contributed by atoms with Crippen LogP contribution in [-0.4, -0.2) is 35.6 Å². The van der Waals surface area contributed by atoms with Crippen molar-refractivity contribution in [2.45, 2.75) is 37.6 Å². The summed E-state index contributed by atoms with van der Waals surface area (Å²) in [5, 5.41) is 2.90. The molecular weight excluding hydrogens is 376 g/mol. The van der Waals surface area contributed by atoms with Crippen LogP contribution in [0.3, 0.4) is 0 Å². The number of imide groups is 1. The van der Waals surface area contributed by atoms with Gasteiger partial charge in [0.2, 0.25) is 0 Å². The maximum atomic E-state index is 14.5. The summed E-state index contributed by atoms with van der Waals surface area (Å²) < 4.78 is 28.1. The third-order valence-corrected chi connectivity index (χ3v) is 6.29. The SMILES string of the molecule is O=C1NC2(CCc3ccccc3C2)C(=O)N1CN1CCCc2cc(F)cc(F)c21. The van der Waals surface area contributed by atoms with Crippen molar-refractivity contribution in [1.29, 1.82) is 0 Å². The van der Waals surface area contributed by atoms with Crippen LogP contribution in [0.25, 0.3) is 0 Å². The summed E-state index contributed by atoms with van der Waals surface area (Å²) in [7, 11) is 0. The minimum absolute atomic E-state index is 0.0381. The molecular formula is C22H21F2N3O2. The van der Waals surface area contributed by atoms with Gasteiger partial charge in [0.15, 0.2) is 0 Å². The molecule has 1 N–H and O–H groups in total. The Morgan fingerprint density at radius 2 is 1.83 bits per heavy atom. The van der Waals surface area contributed by atoms with Gasteiger partial charge in [-0.2, -0.15) is 0 Å². The van der Waals surface area contributed by atoms with Gasteiger partial charge in [-0.3, -0.25) is 4.79 Å². The first kappa shape index (κ1) is 18.1. The van der Waals surface area contributed by atoms with Gasteiger partial charge in [0.05, 0.1) is 5.69 Å². The Hall–Kier alpha value is -2.96. The van der Waals surface area contributed by atoms with Crippen molar-refractivity contribution in [2.24, 2.45) is 0 Å². The lowest BCUT2D eigenvalue weighted by Gasteiger charge is -2.35. The molecule has 2 aliphatic heterocycles. The van der Waals surface area contributed by atoms with Crippen molar-refractivity contribution in [2.75, 3.05) is 18.1 Å². The van der Waals surface area contributed by atoms with Gasteiger partial charge in [0.25, 0.3) is 5.91 Å². The van der Waals surface area contributed by atoms with E-state index in [9.17, 15) is 18.4 Å². The normalized spacial score (nSPS) is 23.2. The van der Waals surface area contributed by atoms with Crippen molar-refractivity contribution >= 4 is 17.6 Å². The molecule has 2 aromatic carbocycles. The van der Waals surface area contributed by atoms with Gasteiger partial charge in [-0.15, -0.1) is 0 Å². The lowest BCUT2D eigenvalue weighted by Crippen LogP contribution is -2.52. The molecule has 0 aromatic heterocycles. The highest BCUT2D eigenvalue weighted by Crippen LogP contribution is 2.35. The molecule has 1 aliphatic carbocycles. The molecule has 150 valence electrons. The van der Waals surface area contributed by atoms with Crippen LogP contribution < -0.4 is 10.2 Å². The highest BCUT2D eigenvalue weighted by Gasteiger charge is 2.52. The van der Waals surface area contributed by atoms with Crippen LogP contribution in [0.1, 0.15) is 29.5 Å². The van der Waals surface area contributed by atoms with Gasteiger partial charge in [0.1, 0.15) is 23.8 Å². The maximum absolute atomic E-state index is 14.5. The summed E-state index contributed by atoms with van der Waals surface area (Å²) in [5.41, 5.74) is 2.19. The fourth-order valence-corrected chi connectivity index (χ4v) is 4.88. The Morgan fingerprint density at radius 1 is 1.03 bits per heavy atom. The molecule has 2 aromatic rings. The summed E-state index contributed by atoms with van der Waals surface area (Å²) in [6.07, 6.45) is 3.00. The summed E-state index contributed by atoms with van der Waals surface area (Å²) in [4.78, 5) is 28.8. The van der Waals surface area contributed by atoms with E-state index in [1.54, 1.807) is 4.90 Å². The van der Waals surface area contributed by atoms with E-state index in [1.165, 1.54) is 16.5 Å². The van der Waals surface area contributed by atoms with Crippen LogP contribution in [0, 0.1) is 11.6 Å². The summed E-state index contributed by atoms with van der Waals surface area (Å²) in [6, 6.07) is 9.67.